The summed E-state index contributed by atoms with van der Waals surface area (Å²) in [5.41, 5.74) is 2.24. The van der Waals surface area contributed by atoms with Crippen LogP contribution in [0.3, 0.4) is 0 Å². The fraction of sp³-hybridized carbons (Fsp3) is 0.206. The van der Waals surface area contributed by atoms with Gasteiger partial charge in [-0.05, 0) is 65.6 Å². The van der Waals surface area contributed by atoms with Crippen molar-refractivity contribution in [3.63, 3.8) is 0 Å². The highest BCUT2D eigenvalue weighted by Gasteiger charge is 2.46. The molecule has 0 spiro atoms. The summed E-state index contributed by atoms with van der Waals surface area (Å²) in [6.07, 6.45) is 1.64. The van der Waals surface area contributed by atoms with Gasteiger partial charge < -0.3 is 19.5 Å². The molecule has 1 saturated heterocycles. The number of rotatable bonds is 7. The van der Waals surface area contributed by atoms with E-state index in [-0.39, 0.29) is 23.3 Å². The Bertz CT molecular complexity index is 1610. The predicted molar refractivity (Wildman–Crippen MR) is 157 cm³/mol. The van der Waals surface area contributed by atoms with Crippen LogP contribution in [0.2, 0.25) is 0 Å². The van der Waals surface area contributed by atoms with Gasteiger partial charge in [0.05, 0.1) is 31.0 Å². The van der Waals surface area contributed by atoms with Gasteiger partial charge in [0.25, 0.3) is 11.7 Å². The molecule has 3 aromatic carbocycles. The quantitative estimate of drug-likeness (QED) is 0.155. The highest BCUT2D eigenvalue weighted by atomic mass is 16.5. The van der Waals surface area contributed by atoms with E-state index in [0.29, 0.717) is 34.1 Å². The lowest BCUT2D eigenvalue weighted by Crippen LogP contribution is -2.29. The van der Waals surface area contributed by atoms with Gasteiger partial charge in [0.2, 0.25) is 0 Å². The summed E-state index contributed by atoms with van der Waals surface area (Å²) >= 11 is 0. The number of aliphatic hydroxyl groups excluding tert-OH is 1. The Morgan fingerprint density at radius 2 is 1.63 bits per heavy atom. The smallest absolute Gasteiger partial charge is 0.296 e. The summed E-state index contributed by atoms with van der Waals surface area (Å²) in [6.45, 7) is 6.21. The number of Topliss-reactive ketones (excluding diaryl/α,β-unsaturated/α-hetero) is 1. The number of likely N-dealkylation sites (tertiary alicyclic amines) is 1. The number of nitrogens with zero attached hydrogens (tertiary/aromatic N) is 2. The Hall–Kier alpha value is -4.91. The highest BCUT2D eigenvalue weighted by molar-refractivity contribution is 6.46. The van der Waals surface area contributed by atoms with E-state index in [1.165, 1.54) is 4.90 Å². The number of carbonyl (C=O) groups is 2. The van der Waals surface area contributed by atoms with E-state index in [4.69, 9.17) is 9.47 Å². The Balaban J connectivity index is 1.65. The SMILES string of the molecule is COc1ccc(/C(O)=C2\C(=O)C(=O)N(Cc3ccccn3)C2c2cccc(Oc3ccccc3)c2)cc1C(C)(C)C. The summed E-state index contributed by atoms with van der Waals surface area (Å²) in [5, 5.41) is 11.7. The zero-order valence-electron chi connectivity index (χ0n) is 23.5. The molecule has 1 aliphatic rings. The molecule has 0 bridgehead atoms. The monoisotopic (exact) mass is 548 g/mol. The van der Waals surface area contributed by atoms with Gasteiger partial charge in [-0.15, -0.1) is 0 Å². The van der Waals surface area contributed by atoms with Crippen molar-refractivity contribution in [3.05, 3.63) is 125 Å². The minimum absolute atomic E-state index is 0.00724. The summed E-state index contributed by atoms with van der Waals surface area (Å²) in [7, 11) is 1.60. The zero-order chi connectivity index (χ0) is 29.1. The van der Waals surface area contributed by atoms with Crippen LogP contribution in [0.4, 0.5) is 0 Å². The third-order valence-electron chi connectivity index (χ3n) is 7.03. The Morgan fingerprint density at radius 3 is 2.32 bits per heavy atom. The average Bonchev–Trinajstić information content (AvgIpc) is 3.22. The molecule has 41 heavy (non-hydrogen) atoms. The highest BCUT2D eigenvalue weighted by Crippen LogP contribution is 2.42. The molecule has 1 atom stereocenters. The van der Waals surface area contributed by atoms with Crippen LogP contribution in [0, 0.1) is 0 Å². The van der Waals surface area contributed by atoms with Gasteiger partial charge in [0.1, 0.15) is 23.0 Å². The molecule has 208 valence electrons. The number of aliphatic hydroxyl groups is 1. The molecule has 2 heterocycles. The lowest BCUT2D eigenvalue weighted by atomic mass is 9.84. The van der Waals surface area contributed by atoms with E-state index in [1.54, 1.807) is 55.8 Å². The fourth-order valence-electron chi connectivity index (χ4n) is 5.03. The van der Waals surface area contributed by atoms with Crippen LogP contribution in [0.1, 0.15) is 49.2 Å². The van der Waals surface area contributed by atoms with Gasteiger partial charge in [-0.25, -0.2) is 0 Å². The Labute approximate surface area is 239 Å². The molecule has 1 aliphatic heterocycles. The number of aromatic nitrogens is 1. The number of pyridine rings is 1. The maximum Gasteiger partial charge on any atom is 0.296 e. The molecule has 1 fully saturated rings. The third-order valence-corrected chi connectivity index (χ3v) is 7.03. The minimum Gasteiger partial charge on any atom is -0.507 e. The van der Waals surface area contributed by atoms with E-state index < -0.39 is 17.7 Å². The lowest BCUT2D eigenvalue weighted by Gasteiger charge is -2.26. The van der Waals surface area contributed by atoms with Gasteiger partial charge in [0, 0.05) is 17.3 Å². The van der Waals surface area contributed by atoms with Crippen LogP contribution in [0.25, 0.3) is 5.76 Å². The minimum atomic E-state index is -0.864. The van der Waals surface area contributed by atoms with Crippen molar-refractivity contribution in [2.24, 2.45) is 0 Å². The van der Waals surface area contributed by atoms with Crippen molar-refractivity contribution >= 4 is 17.4 Å². The average molecular weight is 549 g/mol. The topological polar surface area (TPSA) is 89.0 Å². The van der Waals surface area contributed by atoms with Crippen LogP contribution >= 0.6 is 0 Å². The van der Waals surface area contributed by atoms with E-state index in [9.17, 15) is 14.7 Å². The predicted octanol–water partition coefficient (Wildman–Crippen LogP) is 6.80. The summed E-state index contributed by atoms with van der Waals surface area (Å²) in [5.74, 6) is 0.148. The molecule has 1 aromatic heterocycles. The molecule has 0 aliphatic carbocycles. The van der Waals surface area contributed by atoms with E-state index in [2.05, 4.69) is 4.98 Å². The second-order valence-corrected chi connectivity index (χ2v) is 10.9. The van der Waals surface area contributed by atoms with E-state index >= 15 is 0 Å². The molecule has 1 unspecified atom stereocenters. The molecular formula is C34H32N2O5. The van der Waals surface area contributed by atoms with Crippen molar-refractivity contribution in [1.82, 2.24) is 9.88 Å². The Kier molecular flexibility index (Phi) is 7.62. The molecule has 0 radical (unpaired) electrons. The number of ketones is 1. The molecule has 7 nitrogen and oxygen atoms in total. The van der Waals surface area contributed by atoms with Crippen molar-refractivity contribution in [2.45, 2.75) is 38.8 Å². The molecular weight excluding hydrogens is 516 g/mol. The molecule has 4 aromatic rings. The summed E-state index contributed by atoms with van der Waals surface area (Å²) < 4.78 is 11.6. The number of hydrogen-bond donors (Lipinski definition) is 1. The van der Waals surface area contributed by atoms with Gasteiger partial charge in [-0.1, -0.05) is 57.2 Å². The number of hydrogen-bond acceptors (Lipinski definition) is 6. The van der Waals surface area contributed by atoms with Crippen LogP contribution in [0.5, 0.6) is 17.2 Å². The van der Waals surface area contributed by atoms with Gasteiger partial charge in [-0.2, -0.15) is 0 Å². The van der Waals surface area contributed by atoms with E-state index in [0.717, 1.165) is 5.56 Å². The van der Waals surface area contributed by atoms with Crippen LogP contribution in [0.15, 0.2) is 103 Å². The van der Waals surface area contributed by atoms with Crippen LogP contribution in [-0.4, -0.2) is 33.8 Å². The molecule has 7 heteroatoms. The van der Waals surface area contributed by atoms with Gasteiger partial charge >= 0.3 is 0 Å². The van der Waals surface area contributed by atoms with Crippen molar-refractivity contribution in [3.8, 4) is 17.2 Å². The number of benzene rings is 3. The lowest BCUT2D eigenvalue weighted by molar-refractivity contribution is -0.140. The molecule has 5 rings (SSSR count). The van der Waals surface area contributed by atoms with Crippen molar-refractivity contribution in [1.29, 1.82) is 0 Å². The first kappa shape index (κ1) is 27.6. The normalized spacial score (nSPS) is 16.6. The third kappa shape index (κ3) is 5.70. The number of carbonyl (C=O) groups excluding carboxylic acids is 2. The van der Waals surface area contributed by atoms with Gasteiger partial charge in [-0.3, -0.25) is 14.6 Å². The molecule has 0 saturated carbocycles. The second kappa shape index (κ2) is 11.3. The fourth-order valence-corrected chi connectivity index (χ4v) is 5.03. The first-order valence-corrected chi connectivity index (χ1v) is 13.4. The van der Waals surface area contributed by atoms with Crippen LogP contribution in [-0.2, 0) is 21.5 Å². The largest absolute Gasteiger partial charge is 0.507 e. The summed E-state index contributed by atoms with van der Waals surface area (Å²) in [6, 6.07) is 26.4. The number of para-hydroxylation sites is 1. The second-order valence-electron chi connectivity index (χ2n) is 10.9. The number of amides is 1. The first-order valence-electron chi connectivity index (χ1n) is 13.4. The van der Waals surface area contributed by atoms with E-state index in [1.807, 2.05) is 69.3 Å². The maximum atomic E-state index is 13.6. The number of ether oxygens (including phenoxy) is 2. The maximum absolute atomic E-state index is 13.6. The van der Waals surface area contributed by atoms with Crippen LogP contribution < -0.4 is 9.47 Å². The number of methoxy groups -OCH3 is 1. The standard InChI is InChI=1S/C34H32N2O5/c1-34(2,3)27-20-23(16-17-28(27)40-4)31(37)29-30(36(33(39)32(29)38)21-24-12-8-9-18-35-24)22-11-10-15-26(19-22)41-25-13-6-5-7-14-25/h5-20,30,37H,21H2,1-4H3/b31-29+. The Morgan fingerprint density at radius 1 is 0.902 bits per heavy atom. The van der Waals surface area contributed by atoms with Gasteiger partial charge in [0.15, 0.2) is 0 Å². The molecule has 1 amide bonds. The first-order chi connectivity index (χ1) is 19.7. The molecule has 1 N–H and O–H groups in total. The van der Waals surface area contributed by atoms with Crippen molar-refractivity contribution < 1.29 is 24.2 Å². The zero-order valence-corrected chi connectivity index (χ0v) is 23.5. The van der Waals surface area contributed by atoms with Crippen molar-refractivity contribution in [2.75, 3.05) is 7.11 Å². The summed E-state index contributed by atoms with van der Waals surface area (Å²) in [4.78, 5) is 32.9.